The fraction of sp³-hybridized carbons (Fsp3) is 1.00. The Kier molecular flexibility index (Phi) is 893. The SMILES string of the molecule is CCO.[Cl-].[Cl-].[Cl-].[Cl-].[Cl-].[Cl-].[W+6]. The zero-order valence-electron chi connectivity index (χ0n) is 4.83. The summed E-state index contributed by atoms with van der Waals surface area (Å²) in [7, 11) is 0. The maximum Gasteiger partial charge on any atom is 6.00 e. The third-order valence-electron chi connectivity index (χ3n) is 0. The first-order valence-electron chi connectivity index (χ1n) is 1.02. The van der Waals surface area contributed by atoms with Crippen molar-refractivity contribution in [2.24, 2.45) is 0 Å². The van der Waals surface area contributed by atoms with E-state index in [1.54, 1.807) is 6.92 Å². The van der Waals surface area contributed by atoms with Gasteiger partial charge in [0.15, 0.2) is 0 Å². The second-order valence-corrected chi connectivity index (χ2v) is 0.316. The molecule has 8 heteroatoms. The Hall–Kier alpha value is 2.39. The Labute approximate surface area is 113 Å². The molecule has 0 bridgehead atoms. The first kappa shape index (κ1) is 83.4. The van der Waals surface area contributed by atoms with Gasteiger partial charge in [0.05, 0.1) is 0 Å². The van der Waals surface area contributed by atoms with Crippen LogP contribution < -0.4 is 74.4 Å². The van der Waals surface area contributed by atoms with Gasteiger partial charge in [0, 0.05) is 6.61 Å². The molecule has 0 rings (SSSR count). The zero-order chi connectivity index (χ0) is 2.71. The van der Waals surface area contributed by atoms with Crippen molar-refractivity contribution in [2.45, 2.75) is 6.92 Å². The van der Waals surface area contributed by atoms with Crippen LogP contribution in [0.3, 0.4) is 0 Å². The molecular weight excluding hydrogens is 437 g/mol. The van der Waals surface area contributed by atoms with Crippen molar-refractivity contribution < 1.29 is 101 Å². The Morgan fingerprint density at radius 1 is 0.800 bits per heavy atom. The molecule has 0 spiro atoms. The molecule has 10 heavy (non-hydrogen) atoms. The quantitative estimate of drug-likeness (QED) is 0.395. The van der Waals surface area contributed by atoms with E-state index in [2.05, 4.69) is 0 Å². The van der Waals surface area contributed by atoms with Crippen molar-refractivity contribution in [3.05, 3.63) is 0 Å². The molecule has 0 radical (unpaired) electrons. The number of rotatable bonds is 0. The Morgan fingerprint density at radius 2 is 0.800 bits per heavy atom. The van der Waals surface area contributed by atoms with Gasteiger partial charge >= 0.3 is 21.1 Å². The summed E-state index contributed by atoms with van der Waals surface area (Å²) in [4.78, 5) is 0. The van der Waals surface area contributed by atoms with Crippen LogP contribution in [0.2, 0.25) is 0 Å². The van der Waals surface area contributed by atoms with Gasteiger partial charge in [-0.2, -0.15) is 0 Å². The summed E-state index contributed by atoms with van der Waals surface area (Å²) in [5.41, 5.74) is 0. The second kappa shape index (κ2) is 107. The van der Waals surface area contributed by atoms with Crippen molar-refractivity contribution in [1.29, 1.82) is 0 Å². The molecule has 0 atom stereocenters. The zero-order valence-corrected chi connectivity index (χ0v) is 12.3. The fourth-order valence-electron chi connectivity index (χ4n) is 0. The smallest absolute Gasteiger partial charge is 1.00 e. The van der Waals surface area contributed by atoms with Crippen LogP contribution in [0.25, 0.3) is 0 Å². The summed E-state index contributed by atoms with van der Waals surface area (Å²) in [5.74, 6) is 0. The number of halogens is 6. The van der Waals surface area contributed by atoms with E-state index in [-0.39, 0.29) is 102 Å². The predicted octanol–water partition coefficient (Wildman–Crippen LogP) is -18.0. The largest absolute Gasteiger partial charge is 6.00 e. The number of aliphatic hydroxyl groups is 1. The van der Waals surface area contributed by atoms with E-state index in [1.807, 2.05) is 0 Å². The fourth-order valence-corrected chi connectivity index (χ4v) is 0. The van der Waals surface area contributed by atoms with Gasteiger partial charge in [-0.3, -0.25) is 0 Å². The maximum atomic E-state index is 7.57. The molecule has 0 unspecified atom stereocenters. The average molecular weight is 443 g/mol. The summed E-state index contributed by atoms with van der Waals surface area (Å²) in [6.07, 6.45) is 0. The molecule has 0 aliphatic heterocycles. The second-order valence-electron chi connectivity index (χ2n) is 0.316. The molecular formula is C2H6Cl6OW. The van der Waals surface area contributed by atoms with Crippen LogP contribution in [0.5, 0.6) is 0 Å². The molecule has 0 fully saturated rings. The normalized spacial score (nSPS) is 1.80. The minimum atomic E-state index is 0. The van der Waals surface area contributed by atoms with Gasteiger partial charge in [0.2, 0.25) is 0 Å². The van der Waals surface area contributed by atoms with Crippen molar-refractivity contribution >= 4 is 0 Å². The van der Waals surface area contributed by atoms with Gasteiger partial charge in [-0.15, -0.1) is 0 Å². The van der Waals surface area contributed by atoms with E-state index >= 15 is 0 Å². The van der Waals surface area contributed by atoms with E-state index in [9.17, 15) is 0 Å². The van der Waals surface area contributed by atoms with Crippen molar-refractivity contribution in [3.8, 4) is 0 Å². The molecule has 0 aliphatic rings. The van der Waals surface area contributed by atoms with E-state index < -0.39 is 0 Å². The minimum Gasteiger partial charge on any atom is -1.00 e. The Balaban J connectivity index is -0.000000000952. The van der Waals surface area contributed by atoms with E-state index in [0.29, 0.717) is 0 Å². The summed E-state index contributed by atoms with van der Waals surface area (Å²) in [5, 5.41) is 7.57. The summed E-state index contributed by atoms with van der Waals surface area (Å²) in [6.45, 7) is 1.93. The molecule has 0 aromatic rings. The topological polar surface area (TPSA) is 20.2 Å². The first-order chi connectivity index (χ1) is 1.41. The number of hydrogen-bond donors (Lipinski definition) is 1. The van der Waals surface area contributed by atoms with Gasteiger partial charge in [0.25, 0.3) is 0 Å². The molecule has 0 heterocycles. The van der Waals surface area contributed by atoms with Crippen molar-refractivity contribution in [3.63, 3.8) is 0 Å². The third-order valence-corrected chi connectivity index (χ3v) is 0. The van der Waals surface area contributed by atoms with E-state index in [4.69, 9.17) is 5.11 Å². The monoisotopic (exact) mass is 440 g/mol. The van der Waals surface area contributed by atoms with Gasteiger partial charge < -0.3 is 79.5 Å². The average Bonchev–Trinajstić information content (AvgIpc) is 0.918. The molecule has 0 saturated carbocycles. The Bertz CT molecular complexity index is 15.7. The summed E-state index contributed by atoms with van der Waals surface area (Å²) in [6, 6.07) is 0. The minimum absolute atomic E-state index is 0. The molecule has 68 valence electrons. The van der Waals surface area contributed by atoms with Crippen LogP contribution >= 0.6 is 0 Å². The van der Waals surface area contributed by atoms with Crippen molar-refractivity contribution in [2.75, 3.05) is 6.61 Å². The van der Waals surface area contributed by atoms with Crippen LogP contribution in [0.4, 0.5) is 0 Å². The molecule has 0 aromatic carbocycles. The van der Waals surface area contributed by atoms with Gasteiger partial charge in [-0.1, -0.05) is 0 Å². The van der Waals surface area contributed by atoms with Crippen LogP contribution in [-0.2, 0) is 21.1 Å². The molecule has 1 nitrogen and oxygen atoms in total. The Morgan fingerprint density at radius 3 is 0.800 bits per heavy atom. The molecule has 0 saturated heterocycles. The van der Waals surface area contributed by atoms with E-state index in [0.717, 1.165) is 0 Å². The predicted molar refractivity (Wildman–Crippen MR) is 12.8 cm³/mol. The van der Waals surface area contributed by atoms with Crippen LogP contribution in [0.15, 0.2) is 0 Å². The van der Waals surface area contributed by atoms with Gasteiger partial charge in [-0.05, 0) is 6.92 Å². The van der Waals surface area contributed by atoms with Gasteiger partial charge in [0.1, 0.15) is 0 Å². The molecule has 1 N–H and O–H groups in total. The standard InChI is InChI=1S/C2H6O.6ClH.W/c1-2-3;;;;;;;/h3H,2H2,1H3;6*1H;/q;;;;;;;+6/p-6. The van der Waals surface area contributed by atoms with Crippen molar-refractivity contribution in [1.82, 2.24) is 0 Å². The van der Waals surface area contributed by atoms with Crippen LogP contribution in [0, 0.1) is 0 Å². The summed E-state index contributed by atoms with van der Waals surface area (Å²) >= 11 is 0. The molecule has 0 amide bonds. The summed E-state index contributed by atoms with van der Waals surface area (Å²) < 4.78 is 0. The maximum absolute atomic E-state index is 7.57. The molecule has 0 aromatic heterocycles. The van der Waals surface area contributed by atoms with Gasteiger partial charge in [-0.25, -0.2) is 0 Å². The van der Waals surface area contributed by atoms with E-state index in [1.165, 1.54) is 0 Å². The van der Waals surface area contributed by atoms with Crippen LogP contribution in [0.1, 0.15) is 6.92 Å². The number of hydrogen-bond acceptors (Lipinski definition) is 1. The number of aliphatic hydroxyl groups excluding tert-OH is 1. The molecule has 0 aliphatic carbocycles. The van der Waals surface area contributed by atoms with Crippen LogP contribution in [-0.4, -0.2) is 11.7 Å². The third kappa shape index (κ3) is 161. The first-order valence-corrected chi connectivity index (χ1v) is 1.02.